The molecule has 0 N–H and O–H groups in total. The molecule has 0 atom stereocenters. The Morgan fingerprint density at radius 2 is 1.71 bits per heavy atom. The molecule has 118 valence electrons. The summed E-state index contributed by atoms with van der Waals surface area (Å²) in [5.74, 6) is -0.302. The molecule has 1 aromatic carbocycles. The first-order valence-corrected chi connectivity index (χ1v) is 8.20. The second-order valence-corrected chi connectivity index (χ2v) is 6.75. The average molecular weight is 314 g/mol. The SMILES string of the molecule is CCOC(=O)CN(CC)c1ccc(S(=O)(=O)N(C)C)cc1. The number of carbonyl (C=O) groups excluding carboxylic acids is 1. The summed E-state index contributed by atoms with van der Waals surface area (Å²) in [6, 6.07) is 6.47. The number of ether oxygens (including phenoxy) is 1. The Labute approximate surface area is 126 Å². The molecule has 0 radical (unpaired) electrons. The molecule has 0 saturated carbocycles. The van der Waals surface area contributed by atoms with Crippen LogP contribution in [0.15, 0.2) is 29.2 Å². The smallest absolute Gasteiger partial charge is 0.325 e. The van der Waals surface area contributed by atoms with Crippen molar-refractivity contribution in [3.8, 4) is 0 Å². The molecule has 0 amide bonds. The van der Waals surface area contributed by atoms with Crippen molar-refractivity contribution in [3.63, 3.8) is 0 Å². The summed E-state index contributed by atoms with van der Waals surface area (Å²) in [5.41, 5.74) is 0.781. The van der Waals surface area contributed by atoms with E-state index >= 15 is 0 Å². The number of sulfonamides is 1. The normalized spacial score (nSPS) is 11.5. The molecule has 0 unspecified atom stereocenters. The highest BCUT2D eigenvalue weighted by molar-refractivity contribution is 7.89. The maximum Gasteiger partial charge on any atom is 0.325 e. The van der Waals surface area contributed by atoms with E-state index < -0.39 is 10.0 Å². The fraction of sp³-hybridized carbons (Fsp3) is 0.500. The van der Waals surface area contributed by atoms with Gasteiger partial charge in [-0.1, -0.05) is 0 Å². The van der Waals surface area contributed by atoms with Crippen LogP contribution in [-0.2, 0) is 19.6 Å². The first-order chi connectivity index (χ1) is 9.82. The van der Waals surface area contributed by atoms with Crippen LogP contribution in [0.3, 0.4) is 0 Å². The Balaban J connectivity index is 2.92. The number of anilines is 1. The third-order valence-electron chi connectivity index (χ3n) is 2.99. The number of esters is 1. The summed E-state index contributed by atoms with van der Waals surface area (Å²) in [5, 5.41) is 0. The van der Waals surface area contributed by atoms with Gasteiger partial charge in [0.2, 0.25) is 10.0 Å². The van der Waals surface area contributed by atoms with E-state index in [2.05, 4.69) is 0 Å². The Morgan fingerprint density at radius 1 is 1.14 bits per heavy atom. The first-order valence-electron chi connectivity index (χ1n) is 6.76. The van der Waals surface area contributed by atoms with Gasteiger partial charge in [-0.3, -0.25) is 4.79 Å². The van der Waals surface area contributed by atoms with E-state index in [0.29, 0.717) is 13.2 Å². The zero-order chi connectivity index (χ0) is 16.0. The number of rotatable bonds is 7. The van der Waals surface area contributed by atoms with Crippen LogP contribution in [0.4, 0.5) is 5.69 Å². The molecule has 1 aromatic rings. The molecule has 0 bridgehead atoms. The lowest BCUT2D eigenvalue weighted by Crippen LogP contribution is -2.30. The van der Waals surface area contributed by atoms with Gasteiger partial charge < -0.3 is 9.64 Å². The molecule has 1 rings (SSSR count). The lowest BCUT2D eigenvalue weighted by molar-refractivity contribution is -0.141. The van der Waals surface area contributed by atoms with Crippen molar-refractivity contribution in [1.82, 2.24) is 4.31 Å². The molecule has 6 nitrogen and oxygen atoms in total. The Hall–Kier alpha value is -1.60. The van der Waals surface area contributed by atoms with Gasteiger partial charge >= 0.3 is 5.97 Å². The van der Waals surface area contributed by atoms with E-state index in [0.717, 1.165) is 9.99 Å². The maximum absolute atomic E-state index is 12.0. The molecular weight excluding hydrogens is 292 g/mol. The highest BCUT2D eigenvalue weighted by Gasteiger charge is 2.17. The highest BCUT2D eigenvalue weighted by atomic mass is 32.2. The van der Waals surface area contributed by atoms with E-state index in [1.54, 1.807) is 31.2 Å². The van der Waals surface area contributed by atoms with Crippen molar-refractivity contribution in [2.75, 3.05) is 38.7 Å². The Kier molecular flexibility index (Phi) is 6.17. The van der Waals surface area contributed by atoms with Crippen molar-refractivity contribution in [3.05, 3.63) is 24.3 Å². The number of hydrogen-bond acceptors (Lipinski definition) is 5. The molecular formula is C14H22N2O4S. The summed E-state index contributed by atoms with van der Waals surface area (Å²) < 4.78 is 30.1. The van der Waals surface area contributed by atoms with E-state index in [4.69, 9.17) is 4.74 Å². The third-order valence-corrected chi connectivity index (χ3v) is 4.82. The van der Waals surface area contributed by atoms with Gasteiger partial charge in [0.1, 0.15) is 6.54 Å². The first kappa shape index (κ1) is 17.5. The van der Waals surface area contributed by atoms with Gasteiger partial charge in [0.15, 0.2) is 0 Å². The van der Waals surface area contributed by atoms with Gasteiger partial charge in [-0.05, 0) is 38.1 Å². The second kappa shape index (κ2) is 7.42. The van der Waals surface area contributed by atoms with Crippen molar-refractivity contribution in [2.24, 2.45) is 0 Å². The molecule has 21 heavy (non-hydrogen) atoms. The van der Waals surface area contributed by atoms with Gasteiger partial charge in [-0.25, -0.2) is 12.7 Å². The number of carbonyl (C=O) groups is 1. The summed E-state index contributed by atoms with van der Waals surface area (Å²) in [4.78, 5) is 13.6. The topological polar surface area (TPSA) is 66.9 Å². The summed E-state index contributed by atoms with van der Waals surface area (Å²) in [6.45, 7) is 4.79. The standard InChI is InChI=1S/C14H22N2O4S/c1-5-16(11-14(17)20-6-2)12-7-9-13(10-8-12)21(18,19)15(3)4/h7-10H,5-6,11H2,1-4H3. The van der Waals surface area contributed by atoms with E-state index in [1.807, 2.05) is 11.8 Å². The molecule has 0 spiro atoms. The van der Waals surface area contributed by atoms with Crippen LogP contribution >= 0.6 is 0 Å². The predicted octanol–water partition coefficient (Wildman–Crippen LogP) is 1.33. The Morgan fingerprint density at radius 3 is 2.14 bits per heavy atom. The van der Waals surface area contributed by atoms with Crippen molar-refractivity contribution < 1.29 is 17.9 Å². The van der Waals surface area contributed by atoms with Crippen LogP contribution in [0.5, 0.6) is 0 Å². The third kappa shape index (κ3) is 4.44. The van der Waals surface area contributed by atoms with Gasteiger partial charge in [-0.15, -0.1) is 0 Å². The zero-order valence-corrected chi connectivity index (χ0v) is 13.7. The lowest BCUT2D eigenvalue weighted by atomic mass is 10.3. The van der Waals surface area contributed by atoms with E-state index in [9.17, 15) is 13.2 Å². The quantitative estimate of drug-likeness (QED) is 0.710. The molecule has 0 saturated heterocycles. The molecule has 0 fully saturated rings. The van der Waals surface area contributed by atoms with E-state index in [-0.39, 0.29) is 17.4 Å². The molecule has 0 aliphatic heterocycles. The van der Waals surface area contributed by atoms with Gasteiger partial charge in [0.05, 0.1) is 11.5 Å². The van der Waals surface area contributed by atoms with Crippen LogP contribution in [-0.4, -0.2) is 52.5 Å². The largest absolute Gasteiger partial charge is 0.465 e. The highest BCUT2D eigenvalue weighted by Crippen LogP contribution is 2.19. The summed E-state index contributed by atoms with van der Waals surface area (Å²) in [6.07, 6.45) is 0. The average Bonchev–Trinajstić information content (AvgIpc) is 2.45. The Bertz CT molecular complexity index is 567. The number of hydrogen-bond donors (Lipinski definition) is 0. The maximum atomic E-state index is 12.0. The minimum Gasteiger partial charge on any atom is -0.465 e. The molecule has 0 aliphatic carbocycles. The summed E-state index contributed by atoms with van der Waals surface area (Å²) >= 11 is 0. The lowest BCUT2D eigenvalue weighted by Gasteiger charge is -2.22. The zero-order valence-electron chi connectivity index (χ0n) is 12.9. The van der Waals surface area contributed by atoms with Crippen molar-refractivity contribution in [2.45, 2.75) is 18.7 Å². The minimum absolute atomic E-state index is 0.143. The molecule has 7 heteroatoms. The van der Waals surface area contributed by atoms with Gasteiger partial charge in [0, 0.05) is 26.3 Å². The van der Waals surface area contributed by atoms with Crippen molar-refractivity contribution >= 4 is 21.7 Å². The van der Waals surface area contributed by atoms with Crippen LogP contribution in [0.2, 0.25) is 0 Å². The fourth-order valence-electron chi connectivity index (χ4n) is 1.79. The van der Waals surface area contributed by atoms with Crippen LogP contribution in [0.1, 0.15) is 13.8 Å². The molecule has 0 aliphatic rings. The van der Waals surface area contributed by atoms with Gasteiger partial charge in [0.25, 0.3) is 0 Å². The van der Waals surface area contributed by atoms with Gasteiger partial charge in [-0.2, -0.15) is 0 Å². The minimum atomic E-state index is -3.43. The van der Waals surface area contributed by atoms with Crippen molar-refractivity contribution in [1.29, 1.82) is 0 Å². The van der Waals surface area contributed by atoms with E-state index in [1.165, 1.54) is 14.1 Å². The van der Waals surface area contributed by atoms with Crippen LogP contribution in [0, 0.1) is 0 Å². The molecule has 0 heterocycles. The number of likely N-dealkylation sites (N-methyl/N-ethyl adjacent to an activating group) is 1. The fourth-order valence-corrected chi connectivity index (χ4v) is 2.69. The molecule has 0 aromatic heterocycles. The number of nitrogens with zero attached hydrogens (tertiary/aromatic N) is 2. The van der Waals surface area contributed by atoms with Crippen LogP contribution < -0.4 is 4.90 Å². The number of benzene rings is 1. The second-order valence-electron chi connectivity index (χ2n) is 4.60. The monoisotopic (exact) mass is 314 g/mol. The summed E-state index contributed by atoms with van der Waals surface area (Å²) in [7, 11) is -0.458. The van der Waals surface area contributed by atoms with Crippen LogP contribution in [0.25, 0.3) is 0 Å². The predicted molar refractivity (Wildman–Crippen MR) is 81.8 cm³/mol.